The third kappa shape index (κ3) is 5.50. The molecule has 0 aromatic heterocycles. The Morgan fingerprint density at radius 1 is 1.10 bits per heavy atom. The number of benzene rings is 2. The van der Waals surface area contributed by atoms with Crippen LogP contribution >= 0.6 is 15.9 Å². The lowest BCUT2D eigenvalue weighted by atomic mass is 10.1. The quantitative estimate of drug-likeness (QED) is 0.555. The van der Waals surface area contributed by atoms with Gasteiger partial charge in [-0.05, 0) is 72.4 Å². The Balaban J connectivity index is 1.80. The summed E-state index contributed by atoms with van der Waals surface area (Å²) in [6.45, 7) is 5.91. The van der Waals surface area contributed by atoms with Crippen LogP contribution in [0, 0.1) is 0 Å². The fourth-order valence-corrected chi connectivity index (χ4v) is 3.66. The van der Waals surface area contributed by atoms with Crippen LogP contribution < -0.4 is 20.9 Å². The minimum Gasteiger partial charge on any atom is -0.371 e. The highest BCUT2D eigenvalue weighted by molar-refractivity contribution is 9.10. The number of hydrogen-bond donors (Lipinski definition) is 3. The van der Waals surface area contributed by atoms with Gasteiger partial charge in [0.15, 0.2) is 0 Å². The molecule has 0 spiro atoms. The number of amides is 3. The molecule has 154 valence electrons. The molecule has 3 N–H and O–H groups in total. The van der Waals surface area contributed by atoms with Gasteiger partial charge in [-0.25, -0.2) is 4.79 Å². The molecule has 2 aromatic carbocycles. The van der Waals surface area contributed by atoms with Crippen LogP contribution in [0.1, 0.15) is 43.5 Å². The first kappa shape index (κ1) is 21.2. The van der Waals surface area contributed by atoms with Gasteiger partial charge >= 0.3 is 6.03 Å². The number of nitrogens with zero attached hydrogens (tertiary/aromatic N) is 1. The summed E-state index contributed by atoms with van der Waals surface area (Å²) >= 11 is 3.42. The molecular formula is C22H27BrN4O2. The standard InChI is InChI=1S/C22H27BrN4O2/c1-3-15(2)24-21(28)17-14-16(10-11-20(17)27-12-6-7-13-27)25-22(29)26-19-9-5-4-8-18(19)23/h4-5,8-11,14-15H,3,6-7,12-13H2,1-2H3,(H,24,28)(H2,25,26,29). The van der Waals surface area contributed by atoms with Gasteiger partial charge in [0.2, 0.25) is 0 Å². The van der Waals surface area contributed by atoms with E-state index in [0.29, 0.717) is 16.9 Å². The fourth-order valence-electron chi connectivity index (χ4n) is 3.28. The molecular weight excluding hydrogens is 432 g/mol. The van der Waals surface area contributed by atoms with E-state index in [-0.39, 0.29) is 18.0 Å². The van der Waals surface area contributed by atoms with Crippen LogP contribution in [-0.4, -0.2) is 31.1 Å². The summed E-state index contributed by atoms with van der Waals surface area (Å²) in [6, 6.07) is 12.6. The molecule has 1 aliphatic heterocycles. The molecule has 0 radical (unpaired) electrons. The van der Waals surface area contributed by atoms with E-state index in [1.165, 1.54) is 0 Å². The molecule has 3 rings (SSSR count). The molecule has 1 atom stereocenters. The molecule has 1 saturated heterocycles. The smallest absolute Gasteiger partial charge is 0.323 e. The Hall–Kier alpha value is -2.54. The minimum atomic E-state index is -0.362. The summed E-state index contributed by atoms with van der Waals surface area (Å²) in [5.41, 5.74) is 2.76. The normalized spacial score (nSPS) is 14.4. The maximum atomic E-state index is 12.9. The molecule has 2 aromatic rings. The average molecular weight is 459 g/mol. The van der Waals surface area contributed by atoms with E-state index in [1.807, 2.05) is 50.2 Å². The van der Waals surface area contributed by atoms with Gasteiger partial charge in [-0.1, -0.05) is 19.1 Å². The number of para-hydroxylation sites is 1. The Bertz CT molecular complexity index is 881. The first-order valence-corrected chi connectivity index (χ1v) is 10.8. The van der Waals surface area contributed by atoms with Gasteiger partial charge in [-0.2, -0.15) is 0 Å². The molecule has 1 unspecified atom stereocenters. The predicted molar refractivity (Wildman–Crippen MR) is 122 cm³/mol. The first-order chi connectivity index (χ1) is 14.0. The molecule has 1 aliphatic rings. The number of carbonyl (C=O) groups is 2. The zero-order valence-corrected chi connectivity index (χ0v) is 18.4. The molecule has 6 nitrogen and oxygen atoms in total. The van der Waals surface area contributed by atoms with Gasteiger partial charge < -0.3 is 20.9 Å². The van der Waals surface area contributed by atoms with E-state index < -0.39 is 0 Å². The van der Waals surface area contributed by atoms with E-state index in [2.05, 4.69) is 36.8 Å². The number of nitrogens with one attached hydrogen (secondary N) is 3. The number of halogens is 1. The van der Waals surface area contributed by atoms with Crippen molar-refractivity contribution in [2.75, 3.05) is 28.6 Å². The van der Waals surface area contributed by atoms with Gasteiger partial charge in [0.1, 0.15) is 0 Å². The van der Waals surface area contributed by atoms with E-state index in [1.54, 1.807) is 6.07 Å². The predicted octanol–water partition coefficient (Wildman–Crippen LogP) is 5.22. The SMILES string of the molecule is CCC(C)NC(=O)c1cc(NC(=O)Nc2ccccc2Br)ccc1N1CCCC1. The Morgan fingerprint density at radius 2 is 1.83 bits per heavy atom. The summed E-state index contributed by atoms with van der Waals surface area (Å²) in [6.07, 6.45) is 3.11. The fraction of sp³-hybridized carbons (Fsp3) is 0.364. The zero-order chi connectivity index (χ0) is 20.8. The second kappa shape index (κ2) is 9.78. The van der Waals surface area contributed by atoms with E-state index >= 15 is 0 Å². The Labute approximate surface area is 180 Å². The lowest BCUT2D eigenvalue weighted by Crippen LogP contribution is -2.33. The third-order valence-corrected chi connectivity index (χ3v) is 5.75. The molecule has 7 heteroatoms. The second-order valence-electron chi connectivity index (χ2n) is 7.27. The van der Waals surface area contributed by atoms with E-state index in [9.17, 15) is 9.59 Å². The number of carbonyl (C=O) groups excluding carboxylic acids is 2. The van der Waals surface area contributed by atoms with Gasteiger partial charge in [0.25, 0.3) is 5.91 Å². The second-order valence-corrected chi connectivity index (χ2v) is 8.12. The van der Waals surface area contributed by atoms with Crippen molar-refractivity contribution in [3.05, 3.63) is 52.5 Å². The average Bonchev–Trinajstić information content (AvgIpc) is 3.24. The van der Waals surface area contributed by atoms with Crippen LogP contribution in [0.2, 0.25) is 0 Å². The molecule has 3 amide bonds. The summed E-state index contributed by atoms with van der Waals surface area (Å²) in [5, 5.41) is 8.68. The van der Waals surface area contributed by atoms with Crippen LogP contribution in [-0.2, 0) is 0 Å². The van der Waals surface area contributed by atoms with Crippen LogP contribution in [0.3, 0.4) is 0 Å². The minimum absolute atomic E-state index is 0.0873. The van der Waals surface area contributed by atoms with Gasteiger partial charge in [0, 0.05) is 35.0 Å². The van der Waals surface area contributed by atoms with Crippen LogP contribution in [0.25, 0.3) is 0 Å². The molecule has 0 bridgehead atoms. The van der Waals surface area contributed by atoms with Crippen molar-refractivity contribution in [1.82, 2.24) is 5.32 Å². The number of hydrogen-bond acceptors (Lipinski definition) is 3. The summed E-state index contributed by atoms with van der Waals surface area (Å²) in [5.74, 6) is -0.115. The van der Waals surface area contributed by atoms with Crippen molar-refractivity contribution in [3.63, 3.8) is 0 Å². The van der Waals surface area contributed by atoms with Gasteiger partial charge in [0.05, 0.1) is 11.3 Å². The summed E-state index contributed by atoms with van der Waals surface area (Å²) < 4.78 is 0.799. The number of urea groups is 1. The Morgan fingerprint density at radius 3 is 2.52 bits per heavy atom. The maximum absolute atomic E-state index is 12.9. The largest absolute Gasteiger partial charge is 0.371 e. The van der Waals surface area contributed by atoms with Crippen molar-refractivity contribution >= 4 is 44.9 Å². The van der Waals surface area contributed by atoms with Crippen molar-refractivity contribution in [3.8, 4) is 0 Å². The summed E-state index contributed by atoms with van der Waals surface area (Å²) in [7, 11) is 0. The number of anilines is 3. The van der Waals surface area contributed by atoms with Crippen LogP contribution in [0.15, 0.2) is 46.9 Å². The van der Waals surface area contributed by atoms with Crippen molar-refractivity contribution in [1.29, 1.82) is 0 Å². The molecule has 0 saturated carbocycles. The summed E-state index contributed by atoms with van der Waals surface area (Å²) in [4.78, 5) is 27.6. The zero-order valence-electron chi connectivity index (χ0n) is 16.8. The highest BCUT2D eigenvalue weighted by Crippen LogP contribution is 2.28. The van der Waals surface area contributed by atoms with Crippen molar-refractivity contribution in [2.45, 2.75) is 39.2 Å². The van der Waals surface area contributed by atoms with Crippen LogP contribution in [0.4, 0.5) is 21.9 Å². The van der Waals surface area contributed by atoms with Crippen molar-refractivity contribution < 1.29 is 9.59 Å². The van der Waals surface area contributed by atoms with E-state index in [4.69, 9.17) is 0 Å². The molecule has 1 heterocycles. The molecule has 1 fully saturated rings. The number of rotatable bonds is 6. The van der Waals surface area contributed by atoms with Gasteiger partial charge in [-0.3, -0.25) is 4.79 Å². The van der Waals surface area contributed by atoms with Gasteiger partial charge in [-0.15, -0.1) is 0 Å². The third-order valence-electron chi connectivity index (χ3n) is 5.06. The Kier molecular flexibility index (Phi) is 7.14. The maximum Gasteiger partial charge on any atom is 0.323 e. The first-order valence-electron chi connectivity index (χ1n) is 10.0. The van der Waals surface area contributed by atoms with E-state index in [0.717, 1.165) is 42.5 Å². The monoisotopic (exact) mass is 458 g/mol. The highest BCUT2D eigenvalue weighted by Gasteiger charge is 2.21. The highest BCUT2D eigenvalue weighted by atomic mass is 79.9. The molecule has 0 aliphatic carbocycles. The lowest BCUT2D eigenvalue weighted by molar-refractivity contribution is 0.0940. The van der Waals surface area contributed by atoms with Crippen molar-refractivity contribution in [2.24, 2.45) is 0 Å². The topological polar surface area (TPSA) is 73.5 Å². The van der Waals surface area contributed by atoms with Crippen LogP contribution in [0.5, 0.6) is 0 Å². The lowest BCUT2D eigenvalue weighted by Gasteiger charge is -2.23. The molecule has 29 heavy (non-hydrogen) atoms.